The molecule has 2 rings (SSSR count). The highest BCUT2D eigenvalue weighted by Gasteiger charge is 2.41. The quantitative estimate of drug-likeness (QED) is 0.823. The highest BCUT2D eigenvalue weighted by atomic mass is 16.3. The molecule has 1 fully saturated rings. The van der Waals surface area contributed by atoms with Gasteiger partial charge >= 0.3 is 0 Å². The zero-order valence-corrected chi connectivity index (χ0v) is 10.1. The Balaban J connectivity index is 1.94. The summed E-state index contributed by atoms with van der Waals surface area (Å²) in [5.41, 5.74) is 1.10. The number of nitriles is 1. The van der Waals surface area contributed by atoms with Crippen LogP contribution in [0, 0.1) is 16.7 Å². The Kier molecular flexibility index (Phi) is 3.63. The van der Waals surface area contributed by atoms with E-state index in [9.17, 15) is 4.79 Å². The van der Waals surface area contributed by atoms with Crippen LogP contribution in [0.25, 0.3) is 0 Å². The van der Waals surface area contributed by atoms with Crippen molar-refractivity contribution in [1.82, 2.24) is 5.32 Å². The molecular weight excluding hydrogens is 228 g/mol. The Bertz CT molecular complexity index is 487. The van der Waals surface area contributed by atoms with Crippen molar-refractivity contribution in [2.75, 3.05) is 13.2 Å². The van der Waals surface area contributed by atoms with Crippen LogP contribution in [0.2, 0.25) is 0 Å². The highest BCUT2D eigenvalue weighted by Crippen LogP contribution is 2.47. The lowest BCUT2D eigenvalue weighted by molar-refractivity contribution is 0.0941. The monoisotopic (exact) mass is 244 g/mol. The molecule has 0 unspecified atom stereocenters. The van der Waals surface area contributed by atoms with E-state index in [1.807, 2.05) is 6.07 Å². The van der Waals surface area contributed by atoms with Crippen molar-refractivity contribution < 1.29 is 9.90 Å². The third-order valence-corrected chi connectivity index (χ3v) is 3.48. The minimum atomic E-state index is -0.156. The van der Waals surface area contributed by atoms with Crippen LogP contribution in [0.3, 0.4) is 0 Å². The zero-order valence-electron chi connectivity index (χ0n) is 10.1. The van der Waals surface area contributed by atoms with E-state index in [0.717, 1.165) is 19.3 Å². The average molecular weight is 244 g/mol. The molecule has 0 bridgehead atoms. The van der Waals surface area contributed by atoms with Crippen molar-refractivity contribution in [2.24, 2.45) is 5.41 Å². The van der Waals surface area contributed by atoms with Gasteiger partial charge in [-0.2, -0.15) is 5.26 Å². The van der Waals surface area contributed by atoms with Gasteiger partial charge in [-0.15, -0.1) is 0 Å². The summed E-state index contributed by atoms with van der Waals surface area (Å²) in [5.74, 6) is -0.156. The maximum Gasteiger partial charge on any atom is 0.251 e. The molecule has 0 spiro atoms. The molecular formula is C14H16N2O2. The lowest BCUT2D eigenvalue weighted by atomic mass is 10.0. The first-order valence-electron chi connectivity index (χ1n) is 6.08. The molecule has 0 heterocycles. The first kappa shape index (κ1) is 12.6. The van der Waals surface area contributed by atoms with Crippen molar-refractivity contribution in [3.05, 3.63) is 35.4 Å². The van der Waals surface area contributed by atoms with Gasteiger partial charge in [-0.3, -0.25) is 4.79 Å². The van der Waals surface area contributed by atoms with Gasteiger partial charge in [0, 0.05) is 18.7 Å². The highest BCUT2D eigenvalue weighted by molar-refractivity contribution is 5.94. The number of aliphatic hydroxyl groups is 1. The van der Waals surface area contributed by atoms with Gasteiger partial charge in [-0.25, -0.2) is 0 Å². The minimum absolute atomic E-state index is 0.108. The molecule has 0 atom stereocenters. The number of carbonyl (C=O) groups is 1. The molecule has 0 aromatic heterocycles. The number of hydrogen-bond acceptors (Lipinski definition) is 3. The lowest BCUT2D eigenvalue weighted by Crippen LogP contribution is -2.30. The fraction of sp³-hybridized carbons (Fsp3) is 0.429. The fourth-order valence-electron chi connectivity index (χ4n) is 2.03. The summed E-state index contributed by atoms with van der Waals surface area (Å²) in [6, 6.07) is 8.67. The summed E-state index contributed by atoms with van der Waals surface area (Å²) in [6.45, 7) is 0.767. The number of aliphatic hydroxyl groups excluding tert-OH is 1. The molecule has 18 heavy (non-hydrogen) atoms. The van der Waals surface area contributed by atoms with E-state index in [1.165, 1.54) is 0 Å². The fourth-order valence-corrected chi connectivity index (χ4v) is 2.03. The van der Waals surface area contributed by atoms with Crippen LogP contribution < -0.4 is 5.32 Å². The number of amides is 1. The van der Waals surface area contributed by atoms with Crippen LogP contribution in [0.4, 0.5) is 0 Å². The van der Waals surface area contributed by atoms with Gasteiger partial charge in [-0.05, 0) is 42.9 Å². The molecule has 0 saturated heterocycles. The maximum atomic E-state index is 11.9. The Morgan fingerprint density at radius 1 is 1.50 bits per heavy atom. The molecule has 1 aromatic carbocycles. The van der Waals surface area contributed by atoms with Crippen LogP contribution in [-0.2, 0) is 0 Å². The van der Waals surface area contributed by atoms with E-state index in [4.69, 9.17) is 10.4 Å². The summed E-state index contributed by atoms with van der Waals surface area (Å²) >= 11 is 0. The molecule has 94 valence electrons. The Labute approximate surface area is 106 Å². The van der Waals surface area contributed by atoms with Gasteiger partial charge in [0.05, 0.1) is 11.6 Å². The zero-order chi connectivity index (χ0) is 13.0. The van der Waals surface area contributed by atoms with Crippen LogP contribution in [0.1, 0.15) is 35.2 Å². The second kappa shape index (κ2) is 5.19. The number of carbonyl (C=O) groups excluding carboxylic acids is 1. The molecule has 1 amide bonds. The smallest absolute Gasteiger partial charge is 0.251 e. The van der Waals surface area contributed by atoms with E-state index in [1.54, 1.807) is 24.3 Å². The van der Waals surface area contributed by atoms with E-state index < -0.39 is 0 Å². The normalized spacial score (nSPS) is 15.8. The van der Waals surface area contributed by atoms with Crippen molar-refractivity contribution >= 4 is 5.91 Å². The second-order valence-electron chi connectivity index (χ2n) is 4.85. The number of nitrogens with zero attached hydrogens (tertiary/aromatic N) is 1. The van der Waals surface area contributed by atoms with Crippen molar-refractivity contribution in [2.45, 2.75) is 19.3 Å². The van der Waals surface area contributed by atoms with Crippen LogP contribution in [-0.4, -0.2) is 24.2 Å². The third kappa shape index (κ3) is 2.88. The van der Waals surface area contributed by atoms with E-state index in [2.05, 4.69) is 5.32 Å². The molecule has 1 aromatic rings. The SMILES string of the molecule is N#Cc1cccc(C(=O)NCC2(CCO)CC2)c1. The topological polar surface area (TPSA) is 73.1 Å². The van der Waals surface area contributed by atoms with Gasteiger partial charge in [0.2, 0.25) is 0 Å². The molecule has 4 heteroatoms. The van der Waals surface area contributed by atoms with E-state index in [-0.39, 0.29) is 17.9 Å². The van der Waals surface area contributed by atoms with Crippen LogP contribution >= 0.6 is 0 Å². The number of hydrogen-bond donors (Lipinski definition) is 2. The molecule has 1 aliphatic rings. The first-order valence-corrected chi connectivity index (χ1v) is 6.08. The summed E-state index contributed by atoms with van der Waals surface area (Å²) in [7, 11) is 0. The van der Waals surface area contributed by atoms with Crippen molar-refractivity contribution in [3.63, 3.8) is 0 Å². The van der Waals surface area contributed by atoms with Gasteiger partial charge in [0.25, 0.3) is 5.91 Å². The largest absolute Gasteiger partial charge is 0.396 e. The third-order valence-electron chi connectivity index (χ3n) is 3.48. The summed E-state index contributed by atoms with van der Waals surface area (Å²) in [6.07, 6.45) is 2.86. The number of rotatable bonds is 5. The predicted octanol–water partition coefficient (Wildman–Crippen LogP) is 1.45. The Morgan fingerprint density at radius 2 is 2.28 bits per heavy atom. The molecule has 0 radical (unpaired) electrons. The first-order chi connectivity index (χ1) is 8.69. The number of nitrogens with one attached hydrogen (secondary N) is 1. The second-order valence-corrected chi connectivity index (χ2v) is 4.85. The van der Waals surface area contributed by atoms with Crippen LogP contribution in [0.15, 0.2) is 24.3 Å². The summed E-state index contributed by atoms with van der Waals surface area (Å²) < 4.78 is 0. The van der Waals surface area contributed by atoms with Gasteiger partial charge in [0.1, 0.15) is 0 Å². The lowest BCUT2D eigenvalue weighted by Gasteiger charge is -2.14. The molecule has 1 saturated carbocycles. The maximum absolute atomic E-state index is 11.9. The van der Waals surface area contributed by atoms with Crippen molar-refractivity contribution in [1.29, 1.82) is 5.26 Å². The van der Waals surface area contributed by atoms with Gasteiger partial charge < -0.3 is 10.4 Å². The molecule has 1 aliphatic carbocycles. The summed E-state index contributed by atoms with van der Waals surface area (Å²) in [5, 5.41) is 20.6. The van der Waals surface area contributed by atoms with Gasteiger partial charge in [-0.1, -0.05) is 6.07 Å². The molecule has 0 aliphatic heterocycles. The van der Waals surface area contributed by atoms with Crippen molar-refractivity contribution in [3.8, 4) is 6.07 Å². The van der Waals surface area contributed by atoms with Crippen LogP contribution in [0.5, 0.6) is 0 Å². The summed E-state index contributed by atoms with van der Waals surface area (Å²) in [4.78, 5) is 11.9. The van der Waals surface area contributed by atoms with E-state index in [0.29, 0.717) is 17.7 Å². The number of benzene rings is 1. The minimum Gasteiger partial charge on any atom is -0.396 e. The average Bonchev–Trinajstić information content (AvgIpc) is 3.17. The predicted molar refractivity (Wildman–Crippen MR) is 66.9 cm³/mol. The van der Waals surface area contributed by atoms with E-state index >= 15 is 0 Å². The standard InChI is InChI=1S/C14H16N2O2/c15-9-11-2-1-3-12(8-11)13(18)16-10-14(4-5-14)6-7-17/h1-3,8,17H,4-7,10H2,(H,16,18). The molecule has 2 N–H and O–H groups in total. The Morgan fingerprint density at radius 3 is 2.89 bits per heavy atom. The Hall–Kier alpha value is -1.86. The molecule has 4 nitrogen and oxygen atoms in total. The van der Waals surface area contributed by atoms with Gasteiger partial charge in [0.15, 0.2) is 0 Å².